The topological polar surface area (TPSA) is 55.1 Å². The van der Waals surface area contributed by atoms with Crippen LogP contribution in [0.25, 0.3) is 0 Å². The van der Waals surface area contributed by atoms with E-state index in [9.17, 15) is 13.6 Å². The van der Waals surface area contributed by atoms with Gasteiger partial charge in [-0.1, -0.05) is 6.07 Å². The first-order valence-electron chi connectivity index (χ1n) is 6.41. The number of amides is 1. The maximum Gasteiger partial charge on any atom is 0.221 e. The van der Waals surface area contributed by atoms with Gasteiger partial charge in [-0.25, -0.2) is 8.78 Å². The summed E-state index contributed by atoms with van der Waals surface area (Å²) in [6.07, 6.45) is 1.85. The standard InChI is InChI=1S/C14H18F2N2O.ClH/c1-9(17)6-13(19)18-8-14(4-5-14)11-3-2-10(15)7-12(11)16;/h2-3,7,9H,4-6,8,17H2,1H3,(H,18,19);1H. The molecular weight excluding hydrogens is 286 g/mol. The summed E-state index contributed by atoms with van der Waals surface area (Å²) in [6, 6.07) is 3.41. The molecular formula is C14H19ClF2N2O. The SMILES string of the molecule is CC(N)CC(=O)NCC1(c2ccc(F)cc2F)CC1.Cl. The van der Waals surface area contributed by atoms with Crippen LogP contribution in [0.15, 0.2) is 18.2 Å². The van der Waals surface area contributed by atoms with Gasteiger partial charge in [0.1, 0.15) is 11.6 Å². The minimum Gasteiger partial charge on any atom is -0.355 e. The molecule has 0 saturated heterocycles. The Kier molecular flexibility index (Phi) is 5.48. The second-order valence-corrected chi connectivity index (χ2v) is 5.36. The third kappa shape index (κ3) is 3.90. The molecule has 1 unspecified atom stereocenters. The van der Waals surface area contributed by atoms with E-state index in [1.54, 1.807) is 6.92 Å². The van der Waals surface area contributed by atoms with Crippen molar-refractivity contribution in [2.75, 3.05) is 6.54 Å². The highest BCUT2D eigenvalue weighted by molar-refractivity contribution is 5.85. The maximum atomic E-state index is 13.7. The fourth-order valence-corrected chi connectivity index (χ4v) is 2.24. The molecule has 1 aromatic rings. The monoisotopic (exact) mass is 304 g/mol. The van der Waals surface area contributed by atoms with Crippen molar-refractivity contribution in [1.29, 1.82) is 0 Å². The molecule has 0 radical (unpaired) electrons. The van der Waals surface area contributed by atoms with Crippen LogP contribution in [-0.4, -0.2) is 18.5 Å². The summed E-state index contributed by atoms with van der Waals surface area (Å²) >= 11 is 0. The highest BCUT2D eigenvalue weighted by Crippen LogP contribution is 2.48. The van der Waals surface area contributed by atoms with Crippen LogP contribution in [0.2, 0.25) is 0 Å². The van der Waals surface area contributed by atoms with E-state index in [2.05, 4.69) is 5.32 Å². The highest BCUT2D eigenvalue weighted by Gasteiger charge is 2.46. The predicted octanol–water partition coefficient (Wildman–Crippen LogP) is 2.27. The van der Waals surface area contributed by atoms with Crippen LogP contribution in [0.5, 0.6) is 0 Å². The van der Waals surface area contributed by atoms with Gasteiger partial charge < -0.3 is 11.1 Å². The van der Waals surface area contributed by atoms with Gasteiger partial charge in [0.15, 0.2) is 0 Å². The molecule has 0 bridgehead atoms. The Bertz CT molecular complexity index is 490. The van der Waals surface area contributed by atoms with Gasteiger partial charge in [-0.3, -0.25) is 4.79 Å². The van der Waals surface area contributed by atoms with Gasteiger partial charge in [-0.2, -0.15) is 0 Å². The van der Waals surface area contributed by atoms with Gasteiger partial charge in [-0.05, 0) is 31.4 Å². The fourth-order valence-electron chi connectivity index (χ4n) is 2.24. The largest absolute Gasteiger partial charge is 0.355 e. The second-order valence-electron chi connectivity index (χ2n) is 5.36. The minimum absolute atomic E-state index is 0. The number of halogens is 3. The Morgan fingerprint density at radius 3 is 2.60 bits per heavy atom. The molecule has 0 aromatic heterocycles. The summed E-state index contributed by atoms with van der Waals surface area (Å²) in [7, 11) is 0. The fraction of sp³-hybridized carbons (Fsp3) is 0.500. The van der Waals surface area contributed by atoms with Crippen molar-refractivity contribution in [2.45, 2.75) is 37.6 Å². The van der Waals surface area contributed by atoms with Crippen LogP contribution in [0.3, 0.4) is 0 Å². The van der Waals surface area contributed by atoms with Gasteiger partial charge in [0.05, 0.1) is 0 Å². The lowest BCUT2D eigenvalue weighted by Crippen LogP contribution is -2.35. The summed E-state index contributed by atoms with van der Waals surface area (Å²) in [4.78, 5) is 11.6. The lowest BCUT2D eigenvalue weighted by molar-refractivity contribution is -0.121. The zero-order valence-corrected chi connectivity index (χ0v) is 12.1. The lowest BCUT2D eigenvalue weighted by Gasteiger charge is -2.18. The van der Waals surface area contributed by atoms with Crippen molar-refractivity contribution in [3.8, 4) is 0 Å². The summed E-state index contributed by atoms with van der Waals surface area (Å²) < 4.78 is 26.6. The minimum atomic E-state index is -0.585. The molecule has 112 valence electrons. The molecule has 1 aliphatic carbocycles. The number of carbonyl (C=O) groups is 1. The average molecular weight is 305 g/mol. The smallest absolute Gasteiger partial charge is 0.221 e. The van der Waals surface area contributed by atoms with E-state index in [1.807, 2.05) is 0 Å². The summed E-state index contributed by atoms with van der Waals surface area (Å²) in [5, 5.41) is 2.78. The number of nitrogens with one attached hydrogen (secondary N) is 1. The number of nitrogens with two attached hydrogens (primary N) is 1. The molecule has 3 N–H and O–H groups in total. The van der Waals surface area contributed by atoms with Crippen molar-refractivity contribution in [2.24, 2.45) is 5.73 Å². The van der Waals surface area contributed by atoms with Crippen LogP contribution in [-0.2, 0) is 10.2 Å². The lowest BCUT2D eigenvalue weighted by atomic mass is 9.95. The normalized spacial score (nSPS) is 17.0. The van der Waals surface area contributed by atoms with E-state index in [0.29, 0.717) is 12.1 Å². The summed E-state index contributed by atoms with van der Waals surface area (Å²) in [6.45, 7) is 2.13. The third-order valence-electron chi connectivity index (χ3n) is 3.49. The van der Waals surface area contributed by atoms with E-state index >= 15 is 0 Å². The second kappa shape index (κ2) is 6.50. The maximum absolute atomic E-state index is 13.7. The molecule has 1 aromatic carbocycles. The first-order valence-corrected chi connectivity index (χ1v) is 6.41. The van der Waals surface area contributed by atoms with Crippen molar-refractivity contribution in [3.05, 3.63) is 35.4 Å². The van der Waals surface area contributed by atoms with E-state index in [1.165, 1.54) is 12.1 Å². The molecule has 0 spiro atoms. The predicted molar refractivity (Wildman–Crippen MR) is 75.8 cm³/mol. The number of rotatable bonds is 5. The molecule has 1 aliphatic rings. The Balaban J connectivity index is 0.00000200. The van der Waals surface area contributed by atoms with Crippen molar-refractivity contribution in [1.82, 2.24) is 5.32 Å². The zero-order valence-electron chi connectivity index (χ0n) is 11.3. The van der Waals surface area contributed by atoms with E-state index in [4.69, 9.17) is 5.73 Å². The van der Waals surface area contributed by atoms with Gasteiger partial charge >= 0.3 is 0 Å². The van der Waals surface area contributed by atoms with Crippen LogP contribution >= 0.6 is 12.4 Å². The van der Waals surface area contributed by atoms with Crippen LogP contribution in [0.1, 0.15) is 31.7 Å². The number of hydrogen-bond donors (Lipinski definition) is 2. The molecule has 0 heterocycles. The Morgan fingerprint density at radius 1 is 1.45 bits per heavy atom. The van der Waals surface area contributed by atoms with Gasteiger partial charge in [-0.15, -0.1) is 12.4 Å². The molecule has 2 rings (SSSR count). The van der Waals surface area contributed by atoms with E-state index < -0.39 is 11.6 Å². The van der Waals surface area contributed by atoms with Crippen molar-refractivity contribution >= 4 is 18.3 Å². The molecule has 3 nitrogen and oxygen atoms in total. The Labute approximate surface area is 123 Å². The summed E-state index contributed by atoms with van der Waals surface area (Å²) in [5.41, 5.74) is 5.65. The quantitative estimate of drug-likeness (QED) is 0.877. The van der Waals surface area contributed by atoms with Crippen LogP contribution in [0.4, 0.5) is 8.78 Å². The Hall–Kier alpha value is -1.20. The average Bonchev–Trinajstić information content (AvgIpc) is 3.06. The number of carbonyl (C=O) groups excluding carboxylic acids is 1. The zero-order chi connectivity index (χ0) is 14.0. The molecule has 1 amide bonds. The van der Waals surface area contributed by atoms with Crippen LogP contribution < -0.4 is 11.1 Å². The highest BCUT2D eigenvalue weighted by atomic mass is 35.5. The Morgan fingerprint density at radius 2 is 2.10 bits per heavy atom. The molecule has 1 atom stereocenters. The molecule has 6 heteroatoms. The molecule has 0 aliphatic heterocycles. The molecule has 1 saturated carbocycles. The first-order chi connectivity index (χ1) is 8.93. The third-order valence-corrected chi connectivity index (χ3v) is 3.49. The van der Waals surface area contributed by atoms with E-state index in [0.717, 1.165) is 18.9 Å². The summed E-state index contributed by atoms with van der Waals surface area (Å²) in [5.74, 6) is -1.26. The van der Waals surface area contributed by atoms with Crippen molar-refractivity contribution in [3.63, 3.8) is 0 Å². The van der Waals surface area contributed by atoms with E-state index in [-0.39, 0.29) is 36.2 Å². The van der Waals surface area contributed by atoms with Gasteiger partial charge in [0.2, 0.25) is 5.91 Å². The first kappa shape index (κ1) is 16.9. The van der Waals surface area contributed by atoms with Gasteiger partial charge in [0, 0.05) is 30.5 Å². The molecule has 1 fully saturated rings. The van der Waals surface area contributed by atoms with Crippen molar-refractivity contribution < 1.29 is 13.6 Å². The van der Waals surface area contributed by atoms with Gasteiger partial charge in [0.25, 0.3) is 0 Å². The molecule has 20 heavy (non-hydrogen) atoms. The number of hydrogen-bond acceptors (Lipinski definition) is 2. The van der Waals surface area contributed by atoms with Crippen LogP contribution in [0, 0.1) is 11.6 Å². The number of benzene rings is 1.